The van der Waals surface area contributed by atoms with E-state index in [1.165, 1.54) is 17.0 Å². The van der Waals surface area contributed by atoms with E-state index in [1.54, 1.807) is 51.1 Å². The number of hydrogen-bond acceptors (Lipinski definition) is 6. The molecular formula is C33H40ClN3O6. The molecule has 0 radical (unpaired) electrons. The third-order valence-corrected chi connectivity index (χ3v) is 7.18. The Morgan fingerprint density at radius 1 is 0.953 bits per heavy atom. The van der Waals surface area contributed by atoms with Gasteiger partial charge in [0.15, 0.2) is 0 Å². The van der Waals surface area contributed by atoms with Gasteiger partial charge in [-0.1, -0.05) is 54.1 Å². The van der Waals surface area contributed by atoms with Crippen molar-refractivity contribution < 1.29 is 29.3 Å². The number of anilines is 1. The molecule has 0 spiro atoms. The Bertz CT molecular complexity index is 1430. The molecule has 43 heavy (non-hydrogen) atoms. The van der Waals surface area contributed by atoms with Crippen LogP contribution in [-0.2, 0) is 20.7 Å². The molecule has 0 fully saturated rings. The van der Waals surface area contributed by atoms with E-state index >= 15 is 0 Å². The van der Waals surface area contributed by atoms with Crippen molar-refractivity contribution in [2.24, 2.45) is 0 Å². The Morgan fingerprint density at radius 2 is 1.63 bits per heavy atom. The normalized spacial score (nSPS) is 12.7. The van der Waals surface area contributed by atoms with Crippen LogP contribution in [0.3, 0.4) is 0 Å². The topological polar surface area (TPSA) is 128 Å². The van der Waals surface area contributed by atoms with Crippen LogP contribution in [0.15, 0.2) is 60.7 Å². The summed E-state index contributed by atoms with van der Waals surface area (Å²) in [5.41, 5.74) is 3.40. The number of ether oxygens (including phenoxy) is 1. The molecule has 3 aromatic rings. The van der Waals surface area contributed by atoms with Crippen LogP contribution in [0.25, 0.3) is 0 Å². The van der Waals surface area contributed by atoms with Crippen molar-refractivity contribution in [1.82, 2.24) is 10.2 Å². The predicted octanol–water partition coefficient (Wildman–Crippen LogP) is 5.61. The number of halogens is 1. The number of aryl methyl sites for hydroxylation is 3. The lowest BCUT2D eigenvalue weighted by atomic mass is 9.97. The second kappa shape index (κ2) is 14.4. The quantitative estimate of drug-likeness (QED) is 0.237. The van der Waals surface area contributed by atoms with Crippen molar-refractivity contribution in [3.8, 4) is 5.75 Å². The van der Waals surface area contributed by atoms with Crippen LogP contribution in [0.2, 0.25) is 5.02 Å². The maximum absolute atomic E-state index is 14.4. The van der Waals surface area contributed by atoms with Gasteiger partial charge >= 0.3 is 6.09 Å². The van der Waals surface area contributed by atoms with E-state index in [-0.39, 0.29) is 18.7 Å². The number of phenols is 1. The van der Waals surface area contributed by atoms with E-state index in [2.05, 4.69) is 10.6 Å². The fourth-order valence-electron chi connectivity index (χ4n) is 4.58. The monoisotopic (exact) mass is 609 g/mol. The lowest BCUT2D eigenvalue weighted by Gasteiger charge is -2.34. The molecule has 4 N–H and O–H groups in total. The predicted molar refractivity (Wildman–Crippen MR) is 167 cm³/mol. The van der Waals surface area contributed by atoms with E-state index in [0.717, 1.165) is 16.7 Å². The second-order valence-corrected chi connectivity index (χ2v) is 11.9. The molecule has 0 saturated heterocycles. The molecular weight excluding hydrogens is 570 g/mol. The fraction of sp³-hybridized carbons (Fsp3) is 0.364. The number of aromatic hydroxyl groups is 1. The molecule has 0 heterocycles. The molecule has 0 aliphatic carbocycles. The molecule has 230 valence electrons. The number of phenolic OH excluding ortho intramolecular Hbond substituents is 1. The number of nitrogens with one attached hydrogen (secondary N) is 2. The highest BCUT2D eigenvalue weighted by Gasteiger charge is 2.36. The number of alkyl carbamates (subject to hydrolysis) is 1. The molecule has 3 aromatic carbocycles. The molecule has 3 amide bonds. The summed E-state index contributed by atoms with van der Waals surface area (Å²) in [6.45, 7) is 10.1. The van der Waals surface area contributed by atoms with Crippen LogP contribution in [0, 0.1) is 20.8 Å². The first-order valence-electron chi connectivity index (χ1n) is 14.0. The highest BCUT2D eigenvalue weighted by Crippen LogP contribution is 2.30. The van der Waals surface area contributed by atoms with Crippen LogP contribution >= 0.6 is 11.6 Å². The van der Waals surface area contributed by atoms with Crippen molar-refractivity contribution in [2.75, 3.05) is 18.5 Å². The molecule has 0 bridgehead atoms. The van der Waals surface area contributed by atoms with E-state index in [1.807, 2.05) is 39.0 Å². The number of carbonyl (C=O) groups excluding carboxylic acids is 3. The summed E-state index contributed by atoms with van der Waals surface area (Å²) in [4.78, 5) is 42.6. The Hall–Kier alpha value is -4.08. The maximum atomic E-state index is 14.4. The first-order valence-corrected chi connectivity index (χ1v) is 14.4. The van der Waals surface area contributed by atoms with Gasteiger partial charge in [0, 0.05) is 13.0 Å². The van der Waals surface area contributed by atoms with Gasteiger partial charge in [0.1, 0.15) is 23.4 Å². The van der Waals surface area contributed by atoms with Crippen LogP contribution in [0.5, 0.6) is 5.75 Å². The van der Waals surface area contributed by atoms with Crippen LogP contribution in [0.1, 0.15) is 54.6 Å². The van der Waals surface area contributed by atoms with Gasteiger partial charge in [-0.25, -0.2) is 4.79 Å². The smallest absolute Gasteiger partial charge is 0.408 e. The lowest BCUT2D eigenvalue weighted by Crippen LogP contribution is -2.54. The molecule has 10 heteroatoms. The summed E-state index contributed by atoms with van der Waals surface area (Å²) in [6, 6.07) is 14.6. The average molecular weight is 610 g/mol. The number of hydrogen-bond donors (Lipinski definition) is 4. The van der Waals surface area contributed by atoms with Gasteiger partial charge in [-0.3, -0.25) is 9.59 Å². The highest BCUT2D eigenvalue weighted by atomic mass is 35.5. The Labute approximate surface area is 257 Å². The third-order valence-electron chi connectivity index (χ3n) is 6.87. The third kappa shape index (κ3) is 9.20. The van der Waals surface area contributed by atoms with E-state index < -0.39 is 42.2 Å². The minimum atomic E-state index is -1.18. The van der Waals surface area contributed by atoms with E-state index in [0.29, 0.717) is 21.8 Å². The first-order chi connectivity index (χ1) is 20.2. The second-order valence-electron chi connectivity index (χ2n) is 11.5. The van der Waals surface area contributed by atoms with Crippen LogP contribution in [0.4, 0.5) is 10.5 Å². The standard InChI is InChI=1S/C33H40ClN3O6/c1-20-10-13-24(18-22(20)3)29(30(40)36-28-21(2)8-7-9-26(28)34)37(16-17-38)31(41)27(35-32(42)43-33(4,5)6)19-23-11-14-25(39)15-12-23/h7-15,18,27,29,38-39H,16-17,19H2,1-6H3,(H,35,42)(H,36,40). The Morgan fingerprint density at radius 3 is 2.21 bits per heavy atom. The summed E-state index contributed by atoms with van der Waals surface area (Å²) < 4.78 is 5.44. The summed E-state index contributed by atoms with van der Waals surface area (Å²) in [7, 11) is 0. The van der Waals surface area contributed by atoms with Gasteiger partial charge in [-0.2, -0.15) is 0 Å². The molecule has 0 aromatic heterocycles. The molecule has 9 nitrogen and oxygen atoms in total. The minimum absolute atomic E-state index is 0.0329. The summed E-state index contributed by atoms with van der Waals surface area (Å²) in [5.74, 6) is -1.10. The highest BCUT2D eigenvalue weighted by molar-refractivity contribution is 6.34. The lowest BCUT2D eigenvalue weighted by molar-refractivity contribution is -0.141. The van der Waals surface area contributed by atoms with Gasteiger partial charge in [-0.05, 0) is 87.6 Å². The number of nitrogens with zero attached hydrogens (tertiary/aromatic N) is 1. The van der Waals surface area contributed by atoms with E-state index in [4.69, 9.17) is 16.3 Å². The van der Waals surface area contributed by atoms with Crippen molar-refractivity contribution >= 4 is 35.2 Å². The van der Waals surface area contributed by atoms with Gasteiger partial charge < -0.3 is 30.5 Å². The largest absolute Gasteiger partial charge is 0.508 e. The molecule has 0 aliphatic rings. The number of para-hydroxylation sites is 1. The van der Waals surface area contributed by atoms with Crippen molar-refractivity contribution in [3.63, 3.8) is 0 Å². The Balaban J connectivity index is 2.09. The molecule has 2 unspecified atom stereocenters. The van der Waals surface area contributed by atoms with E-state index in [9.17, 15) is 24.6 Å². The number of aliphatic hydroxyl groups excluding tert-OH is 1. The zero-order valence-corrected chi connectivity index (χ0v) is 26.2. The Kier molecular flexibility index (Phi) is 11.2. The SMILES string of the molecule is Cc1ccc(C(C(=O)Nc2c(C)cccc2Cl)N(CCO)C(=O)C(Cc2ccc(O)cc2)NC(=O)OC(C)(C)C)cc1C. The number of carbonyl (C=O) groups is 3. The zero-order chi connectivity index (χ0) is 31.9. The van der Waals surface area contributed by atoms with Gasteiger partial charge in [0.25, 0.3) is 5.91 Å². The summed E-state index contributed by atoms with van der Waals surface area (Å²) >= 11 is 6.42. The summed E-state index contributed by atoms with van der Waals surface area (Å²) in [5, 5.41) is 25.7. The maximum Gasteiger partial charge on any atom is 0.408 e. The zero-order valence-electron chi connectivity index (χ0n) is 25.4. The fourth-order valence-corrected chi connectivity index (χ4v) is 4.85. The summed E-state index contributed by atoms with van der Waals surface area (Å²) in [6.07, 6.45) is -0.780. The van der Waals surface area contributed by atoms with Crippen molar-refractivity contribution in [1.29, 1.82) is 0 Å². The molecule has 3 rings (SSSR count). The van der Waals surface area contributed by atoms with Crippen LogP contribution in [-0.4, -0.2) is 57.8 Å². The number of amides is 3. The van der Waals surface area contributed by atoms with Crippen molar-refractivity contribution in [2.45, 2.75) is 65.6 Å². The van der Waals surface area contributed by atoms with Gasteiger partial charge in [-0.15, -0.1) is 0 Å². The average Bonchev–Trinajstić information content (AvgIpc) is 2.92. The number of benzene rings is 3. The van der Waals surface area contributed by atoms with Gasteiger partial charge in [0.05, 0.1) is 17.3 Å². The van der Waals surface area contributed by atoms with Crippen LogP contribution < -0.4 is 10.6 Å². The molecule has 0 saturated carbocycles. The minimum Gasteiger partial charge on any atom is -0.508 e. The number of rotatable bonds is 10. The van der Waals surface area contributed by atoms with Gasteiger partial charge in [0.2, 0.25) is 5.91 Å². The number of aliphatic hydroxyl groups is 1. The molecule has 0 aliphatic heterocycles. The van der Waals surface area contributed by atoms with Crippen molar-refractivity contribution in [3.05, 3.63) is 93.5 Å². The molecule has 2 atom stereocenters. The first kappa shape index (κ1) is 33.4.